The molecule has 0 atom stereocenters. The van der Waals surface area contributed by atoms with Gasteiger partial charge in [-0.25, -0.2) is 0 Å². The van der Waals surface area contributed by atoms with Crippen LogP contribution in [-0.4, -0.2) is 19.3 Å². The van der Waals surface area contributed by atoms with E-state index in [-0.39, 0.29) is 12.7 Å². The minimum absolute atomic E-state index is 0.00510. The van der Waals surface area contributed by atoms with Crippen molar-refractivity contribution in [2.24, 2.45) is 0 Å². The molecule has 0 bridgehead atoms. The van der Waals surface area contributed by atoms with Crippen LogP contribution < -0.4 is 19.5 Å². The molecule has 1 N–H and O–H groups in total. The third kappa shape index (κ3) is 4.64. The first-order valence-electron chi connectivity index (χ1n) is 7.74. The fourth-order valence-corrected chi connectivity index (χ4v) is 2.70. The van der Waals surface area contributed by atoms with Crippen molar-refractivity contribution in [1.82, 2.24) is 5.32 Å². The second-order valence-electron chi connectivity index (χ2n) is 5.37. The van der Waals surface area contributed by atoms with Crippen molar-refractivity contribution in [3.05, 3.63) is 52.5 Å². The average Bonchev–Trinajstić information content (AvgIpc) is 3.05. The van der Waals surface area contributed by atoms with Crippen LogP contribution in [0.4, 0.5) is 0 Å². The Kier molecular flexibility index (Phi) is 5.59. The van der Waals surface area contributed by atoms with Gasteiger partial charge < -0.3 is 19.5 Å². The molecule has 0 aromatic heterocycles. The third-order valence-electron chi connectivity index (χ3n) is 3.54. The van der Waals surface area contributed by atoms with E-state index in [1.54, 1.807) is 0 Å². The Bertz CT molecular complexity index is 720. The van der Waals surface area contributed by atoms with E-state index < -0.39 is 0 Å². The molecule has 5 nitrogen and oxygen atoms in total. The summed E-state index contributed by atoms with van der Waals surface area (Å²) in [5.41, 5.74) is 0.984. The van der Waals surface area contributed by atoms with Gasteiger partial charge in [-0.2, -0.15) is 0 Å². The molecule has 1 aliphatic heterocycles. The quantitative estimate of drug-likeness (QED) is 0.731. The number of hydrogen-bond donors (Lipinski definition) is 1. The van der Waals surface area contributed by atoms with Gasteiger partial charge in [0.1, 0.15) is 5.75 Å². The molecule has 2 aromatic carbocycles. The largest absolute Gasteiger partial charge is 0.494 e. The first kappa shape index (κ1) is 16.6. The fourth-order valence-electron chi connectivity index (χ4n) is 2.32. The summed E-state index contributed by atoms with van der Waals surface area (Å²) in [4.78, 5) is 11.9. The molecule has 0 fully saturated rings. The van der Waals surface area contributed by atoms with Gasteiger partial charge in [0.15, 0.2) is 11.5 Å². The van der Waals surface area contributed by atoms with Gasteiger partial charge in [-0.1, -0.05) is 28.1 Å². The van der Waals surface area contributed by atoms with Crippen LogP contribution in [0.2, 0.25) is 0 Å². The number of carbonyl (C=O) groups excluding carboxylic acids is 1. The molecular formula is C18H18BrNO4. The van der Waals surface area contributed by atoms with E-state index in [1.165, 1.54) is 0 Å². The van der Waals surface area contributed by atoms with Gasteiger partial charge in [-0.05, 0) is 42.3 Å². The summed E-state index contributed by atoms with van der Waals surface area (Å²) >= 11 is 3.39. The molecule has 1 amide bonds. The van der Waals surface area contributed by atoms with Crippen molar-refractivity contribution in [2.75, 3.05) is 13.4 Å². The molecule has 0 saturated carbocycles. The van der Waals surface area contributed by atoms with Crippen LogP contribution in [-0.2, 0) is 11.3 Å². The van der Waals surface area contributed by atoms with E-state index in [0.717, 1.165) is 27.3 Å². The summed E-state index contributed by atoms with van der Waals surface area (Å²) in [7, 11) is 0. The lowest BCUT2D eigenvalue weighted by Crippen LogP contribution is -2.22. The van der Waals surface area contributed by atoms with Crippen molar-refractivity contribution in [2.45, 2.75) is 19.4 Å². The zero-order valence-electron chi connectivity index (χ0n) is 13.1. The molecule has 24 heavy (non-hydrogen) atoms. The molecule has 1 aliphatic rings. The maximum atomic E-state index is 11.9. The zero-order chi connectivity index (χ0) is 16.8. The van der Waals surface area contributed by atoms with Gasteiger partial charge in [-0.15, -0.1) is 0 Å². The topological polar surface area (TPSA) is 56.8 Å². The van der Waals surface area contributed by atoms with E-state index >= 15 is 0 Å². The van der Waals surface area contributed by atoms with Gasteiger partial charge in [-0.3, -0.25) is 4.79 Å². The molecule has 0 unspecified atom stereocenters. The van der Waals surface area contributed by atoms with E-state index in [1.807, 2.05) is 42.5 Å². The lowest BCUT2D eigenvalue weighted by atomic mass is 10.2. The summed E-state index contributed by atoms with van der Waals surface area (Å²) in [6.45, 7) is 1.24. The summed E-state index contributed by atoms with van der Waals surface area (Å²) < 4.78 is 17.2. The highest BCUT2D eigenvalue weighted by Gasteiger charge is 2.13. The van der Waals surface area contributed by atoms with Crippen molar-refractivity contribution in [3.8, 4) is 17.2 Å². The minimum atomic E-state index is 0.00510. The third-order valence-corrected chi connectivity index (χ3v) is 4.03. The van der Waals surface area contributed by atoms with Crippen LogP contribution >= 0.6 is 15.9 Å². The van der Waals surface area contributed by atoms with E-state index in [2.05, 4.69) is 21.2 Å². The van der Waals surface area contributed by atoms with Gasteiger partial charge in [0, 0.05) is 17.4 Å². The predicted octanol–water partition coefficient (Wildman–Crippen LogP) is 3.65. The normalized spacial score (nSPS) is 12.0. The summed E-state index contributed by atoms with van der Waals surface area (Å²) in [6, 6.07) is 13.3. The minimum Gasteiger partial charge on any atom is -0.494 e. The Morgan fingerprint density at radius 2 is 2.04 bits per heavy atom. The van der Waals surface area contributed by atoms with Gasteiger partial charge in [0.25, 0.3) is 0 Å². The van der Waals surface area contributed by atoms with Crippen LogP contribution in [0.3, 0.4) is 0 Å². The molecule has 3 rings (SSSR count). The molecular weight excluding hydrogens is 374 g/mol. The lowest BCUT2D eigenvalue weighted by molar-refractivity contribution is -0.121. The predicted molar refractivity (Wildman–Crippen MR) is 93.3 cm³/mol. The molecule has 1 heterocycles. The second kappa shape index (κ2) is 8.06. The van der Waals surface area contributed by atoms with Crippen LogP contribution in [0.25, 0.3) is 0 Å². The van der Waals surface area contributed by atoms with Crippen LogP contribution in [0.15, 0.2) is 46.9 Å². The number of benzene rings is 2. The Balaban J connectivity index is 1.35. The highest BCUT2D eigenvalue weighted by Crippen LogP contribution is 2.32. The fraction of sp³-hybridized carbons (Fsp3) is 0.278. The lowest BCUT2D eigenvalue weighted by Gasteiger charge is -2.08. The number of rotatable bonds is 7. The summed E-state index contributed by atoms with van der Waals surface area (Å²) in [5.74, 6) is 2.27. The SMILES string of the molecule is O=C(CCCOc1cccc(Br)c1)NCc1ccc2c(c1)OCO2. The smallest absolute Gasteiger partial charge is 0.231 e. The zero-order valence-corrected chi connectivity index (χ0v) is 14.7. The van der Waals surface area contributed by atoms with Crippen LogP contribution in [0.1, 0.15) is 18.4 Å². The average molecular weight is 392 g/mol. The van der Waals surface area contributed by atoms with Gasteiger partial charge >= 0.3 is 0 Å². The molecule has 0 saturated heterocycles. The van der Waals surface area contributed by atoms with Gasteiger partial charge in [0.2, 0.25) is 12.7 Å². The molecule has 0 spiro atoms. The monoisotopic (exact) mass is 391 g/mol. The summed E-state index contributed by atoms with van der Waals surface area (Å²) in [6.07, 6.45) is 1.10. The van der Waals surface area contributed by atoms with Crippen molar-refractivity contribution in [1.29, 1.82) is 0 Å². The van der Waals surface area contributed by atoms with Crippen molar-refractivity contribution in [3.63, 3.8) is 0 Å². The van der Waals surface area contributed by atoms with Crippen LogP contribution in [0, 0.1) is 0 Å². The summed E-state index contributed by atoms with van der Waals surface area (Å²) in [5, 5.41) is 2.90. The van der Waals surface area contributed by atoms with E-state index in [0.29, 0.717) is 26.0 Å². The van der Waals surface area contributed by atoms with E-state index in [4.69, 9.17) is 14.2 Å². The first-order valence-corrected chi connectivity index (χ1v) is 8.53. The molecule has 0 radical (unpaired) electrons. The number of halogens is 1. The highest BCUT2D eigenvalue weighted by atomic mass is 79.9. The Hall–Kier alpha value is -2.21. The second-order valence-corrected chi connectivity index (χ2v) is 6.29. The molecule has 6 heteroatoms. The molecule has 0 aliphatic carbocycles. The number of hydrogen-bond acceptors (Lipinski definition) is 4. The number of carbonyl (C=O) groups is 1. The molecule has 2 aromatic rings. The van der Waals surface area contributed by atoms with Crippen LogP contribution in [0.5, 0.6) is 17.2 Å². The Morgan fingerprint density at radius 1 is 1.17 bits per heavy atom. The van der Waals surface area contributed by atoms with Crippen molar-refractivity contribution < 1.29 is 19.0 Å². The Labute approximate surface area is 149 Å². The number of nitrogens with one attached hydrogen (secondary N) is 1. The number of ether oxygens (including phenoxy) is 3. The first-order chi connectivity index (χ1) is 11.7. The van der Waals surface area contributed by atoms with Crippen molar-refractivity contribution >= 4 is 21.8 Å². The van der Waals surface area contributed by atoms with E-state index in [9.17, 15) is 4.79 Å². The number of fused-ring (bicyclic) bond motifs is 1. The maximum Gasteiger partial charge on any atom is 0.231 e. The number of amides is 1. The maximum absolute atomic E-state index is 11.9. The Morgan fingerprint density at radius 3 is 2.92 bits per heavy atom. The highest BCUT2D eigenvalue weighted by molar-refractivity contribution is 9.10. The molecule has 126 valence electrons. The standard InChI is InChI=1S/C18H18BrNO4/c19-14-3-1-4-15(10-14)22-8-2-5-18(21)20-11-13-6-7-16-17(9-13)24-12-23-16/h1,3-4,6-7,9-10H,2,5,8,11-12H2,(H,20,21). The van der Waals surface area contributed by atoms with Gasteiger partial charge in [0.05, 0.1) is 6.61 Å².